The van der Waals surface area contributed by atoms with Gasteiger partial charge in [0.05, 0.1) is 45.7 Å². The van der Waals surface area contributed by atoms with Crippen LogP contribution in [0, 0.1) is 6.92 Å². The van der Waals surface area contributed by atoms with Crippen molar-refractivity contribution in [3.05, 3.63) is 99.6 Å². The smallest absolute Gasteiger partial charge is 0.262 e. The van der Waals surface area contributed by atoms with Crippen LogP contribution in [0.15, 0.2) is 109 Å². The minimum absolute atomic E-state index is 0.178. The molecule has 0 bridgehead atoms. The van der Waals surface area contributed by atoms with Crippen molar-refractivity contribution in [3.63, 3.8) is 0 Å². The molecule has 0 radical (unpaired) electrons. The Hall–Kier alpha value is -3.13. The van der Waals surface area contributed by atoms with Crippen molar-refractivity contribution in [1.82, 2.24) is 0 Å². The Balaban J connectivity index is 0.000000392. The lowest BCUT2D eigenvalue weighted by Crippen LogP contribution is -2.33. The summed E-state index contributed by atoms with van der Waals surface area (Å²) in [5.41, 5.74) is 6.19. The zero-order valence-electron chi connectivity index (χ0n) is 30.0. The number of hydrogen-bond acceptors (Lipinski definition) is 10. The molecule has 7 nitrogen and oxygen atoms in total. The second-order valence-corrected chi connectivity index (χ2v) is 17.0. The standard InChI is InChI=1S/C32H37N2O2S4.C7H8O3S/c1-7-33-23-17-25(35-3)29(37-5)19-27(23)39-31(33)14-12-21-10-9-11-22(16-21)13-15-32-34(8-2)24-18-26(36-4)30(38-6)20-28(24)40-32;1-6-2-4-7(5-3-6)11(8,9)10/h12-20H,7-11H2,1-6H3;2-5H,1H3,(H,8,9,10)/q+1;/p-1. The van der Waals surface area contributed by atoms with Gasteiger partial charge in [-0.3, -0.25) is 0 Å². The molecule has 2 aliphatic rings. The molecular weight excluding hydrogens is 737 g/mol. The number of thioether (sulfide) groups is 3. The first-order valence-corrected chi connectivity index (χ1v) is 22.1. The number of nitrogens with zero attached hydrogens (tertiary/aromatic N) is 2. The fraction of sp³-hybridized carbons (Fsp3) is 0.308. The summed E-state index contributed by atoms with van der Waals surface area (Å²) in [4.78, 5) is 5.88. The lowest BCUT2D eigenvalue weighted by molar-refractivity contribution is -0.665. The van der Waals surface area contributed by atoms with Gasteiger partial charge in [-0.2, -0.15) is 4.57 Å². The monoisotopic (exact) mass is 780 g/mol. The van der Waals surface area contributed by atoms with E-state index < -0.39 is 10.1 Å². The van der Waals surface area contributed by atoms with Gasteiger partial charge in [-0.15, -0.1) is 23.5 Å². The van der Waals surface area contributed by atoms with Gasteiger partial charge >= 0.3 is 0 Å². The van der Waals surface area contributed by atoms with E-state index in [1.807, 2.05) is 30.0 Å². The third-order valence-electron chi connectivity index (χ3n) is 8.60. The number of methoxy groups -OCH3 is 2. The molecule has 3 aromatic carbocycles. The van der Waals surface area contributed by atoms with Gasteiger partial charge in [-0.1, -0.05) is 59.0 Å². The first-order valence-electron chi connectivity index (χ1n) is 16.6. The maximum absolute atomic E-state index is 10.4. The van der Waals surface area contributed by atoms with E-state index in [9.17, 15) is 13.0 Å². The molecule has 2 heterocycles. The van der Waals surface area contributed by atoms with Crippen LogP contribution < -0.4 is 18.9 Å². The number of hydrogen-bond donors (Lipinski definition) is 0. The van der Waals surface area contributed by atoms with Crippen molar-refractivity contribution < 1.29 is 27.0 Å². The van der Waals surface area contributed by atoms with Gasteiger partial charge < -0.3 is 18.9 Å². The van der Waals surface area contributed by atoms with Crippen LogP contribution in [-0.2, 0) is 16.7 Å². The summed E-state index contributed by atoms with van der Waals surface area (Å²) in [6.45, 7) is 8.10. The van der Waals surface area contributed by atoms with Gasteiger partial charge in [0.1, 0.15) is 32.9 Å². The van der Waals surface area contributed by atoms with Gasteiger partial charge in [0, 0.05) is 23.6 Å². The highest BCUT2D eigenvalue weighted by Crippen LogP contribution is 2.50. The van der Waals surface area contributed by atoms with E-state index in [1.165, 1.54) is 70.3 Å². The predicted molar refractivity (Wildman–Crippen MR) is 216 cm³/mol. The Morgan fingerprint density at radius 2 is 1.63 bits per heavy atom. The van der Waals surface area contributed by atoms with Crippen LogP contribution in [-0.4, -0.2) is 46.2 Å². The highest BCUT2D eigenvalue weighted by molar-refractivity contribution is 8.03. The van der Waals surface area contributed by atoms with Gasteiger partial charge in [0.15, 0.2) is 0 Å². The third kappa shape index (κ3) is 9.27. The van der Waals surface area contributed by atoms with E-state index in [4.69, 9.17) is 9.47 Å². The summed E-state index contributed by atoms with van der Waals surface area (Å²) in [6, 6.07) is 14.7. The normalized spacial score (nSPS) is 16.1. The highest BCUT2D eigenvalue weighted by Gasteiger charge is 2.26. The van der Waals surface area contributed by atoms with Crippen molar-refractivity contribution >= 4 is 78.7 Å². The summed E-state index contributed by atoms with van der Waals surface area (Å²) in [6.07, 6.45) is 19.2. The highest BCUT2D eigenvalue weighted by atomic mass is 32.2. The largest absolute Gasteiger partial charge is 0.744 e. The topological polar surface area (TPSA) is 82.8 Å². The van der Waals surface area contributed by atoms with Crippen molar-refractivity contribution in [1.29, 1.82) is 0 Å². The molecule has 4 aromatic rings. The van der Waals surface area contributed by atoms with Crippen molar-refractivity contribution in [2.24, 2.45) is 0 Å². The number of ether oxygens (including phenoxy) is 2. The molecule has 0 unspecified atom stereocenters. The molecule has 1 aromatic heterocycles. The SMILES string of the molecule is CCN1/C(=C\C=C2C=C(/C=C/c3sc4cc(SC)c(OC)cc4[n+]3CC)CCC\2)Sc2cc(SC)c(OC)cc21.Cc1ccc(S(=O)(=O)[O-])cc1. The molecule has 1 aliphatic carbocycles. The van der Waals surface area contributed by atoms with Crippen LogP contribution in [0.25, 0.3) is 16.3 Å². The van der Waals surface area contributed by atoms with E-state index in [1.54, 1.807) is 49.9 Å². The average molecular weight is 781 g/mol. The number of aromatic nitrogens is 1. The first-order chi connectivity index (χ1) is 24.5. The van der Waals surface area contributed by atoms with Crippen LogP contribution in [0.3, 0.4) is 0 Å². The maximum atomic E-state index is 10.4. The first kappa shape index (κ1) is 39.1. The number of benzene rings is 3. The summed E-state index contributed by atoms with van der Waals surface area (Å²) in [7, 11) is -0.763. The molecule has 270 valence electrons. The van der Waals surface area contributed by atoms with Crippen LogP contribution >= 0.6 is 46.6 Å². The van der Waals surface area contributed by atoms with Crippen LogP contribution in [0.5, 0.6) is 11.5 Å². The molecule has 51 heavy (non-hydrogen) atoms. The summed E-state index contributed by atoms with van der Waals surface area (Å²) in [5, 5.41) is 2.55. The molecule has 12 heteroatoms. The second-order valence-electron chi connectivity index (χ2n) is 11.8. The van der Waals surface area contributed by atoms with Gasteiger partial charge in [-0.05, 0) is 94.0 Å². The maximum Gasteiger partial charge on any atom is 0.262 e. The van der Waals surface area contributed by atoms with E-state index in [2.05, 4.69) is 90.5 Å². The fourth-order valence-corrected chi connectivity index (χ4v) is 10.0. The van der Waals surface area contributed by atoms with Crippen LogP contribution in [0.2, 0.25) is 0 Å². The van der Waals surface area contributed by atoms with E-state index >= 15 is 0 Å². The molecule has 0 saturated heterocycles. The van der Waals surface area contributed by atoms with E-state index in [0.717, 1.165) is 43.0 Å². The number of fused-ring (bicyclic) bond motifs is 2. The number of anilines is 1. The molecule has 0 spiro atoms. The average Bonchev–Trinajstić information content (AvgIpc) is 3.67. The Morgan fingerprint density at radius 1 is 0.941 bits per heavy atom. The molecule has 0 fully saturated rings. The zero-order valence-corrected chi connectivity index (χ0v) is 34.1. The fourth-order valence-electron chi connectivity index (χ4n) is 5.96. The molecule has 0 saturated carbocycles. The minimum Gasteiger partial charge on any atom is -0.744 e. The Kier molecular flexibility index (Phi) is 13.5. The Bertz CT molecular complexity index is 2120. The number of rotatable bonds is 10. The quantitative estimate of drug-likeness (QED) is 0.0887. The number of aryl methyl sites for hydroxylation is 2. The Labute approximate surface area is 319 Å². The second kappa shape index (κ2) is 17.6. The Morgan fingerprint density at radius 3 is 2.25 bits per heavy atom. The van der Waals surface area contributed by atoms with Crippen LogP contribution in [0.4, 0.5) is 5.69 Å². The zero-order chi connectivity index (χ0) is 36.7. The third-order valence-corrected chi connectivity index (χ3v) is 13.2. The molecule has 0 atom stereocenters. The van der Waals surface area contributed by atoms with Crippen LogP contribution in [0.1, 0.15) is 43.7 Å². The molecular formula is C39H44N2O5S5. The molecule has 0 amide bonds. The molecule has 0 N–H and O–H groups in total. The summed E-state index contributed by atoms with van der Waals surface area (Å²) < 4.78 is 46.2. The lowest BCUT2D eigenvalue weighted by atomic mass is 9.94. The van der Waals surface area contributed by atoms with Gasteiger partial charge in [0.25, 0.3) is 5.01 Å². The molecule has 1 aliphatic heterocycles. The summed E-state index contributed by atoms with van der Waals surface area (Å²) in [5.74, 6) is 1.90. The minimum atomic E-state index is -4.27. The number of thiazole rings is 1. The van der Waals surface area contributed by atoms with E-state index in [0.29, 0.717) is 0 Å². The van der Waals surface area contributed by atoms with Gasteiger partial charge in [0.2, 0.25) is 5.52 Å². The number of allylic oxidation sites excluding steroid dienone is 6. The van der Waals surface area contributed by atoms with E-state index in [-0.39, 0.29) is 4.90 Å². The van der Waals surface area contributed by atoms with Crippen molar-refractivity contribution in [2.45, 2.75) is 66.2 Å². The lowest BCUT2D eigenvalue weighted by Gasteiger charge is -2.19. The predicted octanol–water partition coefficient (Wildman–Crippen LogP) is 10.1. The molecule has 6 rings (SSSR count). The van der Waals surface area contributed by atoms with Crippen molar-refractivity contribution in [2.75, 3.05) is 38.2 Å². The van der Waals surface area contributed by atoms with Gasteiger partial charge in [-0.25, -0.2) is 8.42 Å². The summed E-state index contributed by atoms with van der Waals surface area (Å²) >= 11 is 7.17. The van der Waals surface area contributed by atoms with Crippen molar-refractivity contribution in [3.8, 4) is 11.5 Å².